The zero-order valence-corrected chi connectivity index (χ0v) is 33.9. The van der Waals surface area contributed by atoms with Crippen molar-refractivity contribution >= 4 is 59.5 Å². The van der Waals surface area contributed by atoms with Gasteiger partial charge in [-0.05, 0) is 86.5 Å². The maximum Gasteiger partial charge on any atom is 0.252 e. The Balaban J connectivity index is 1.07. The van der Waals surface area contributed by atoms with Crippen molar-refractivity contribution < 1.29 is 19.1 Å². The number of fused-ring (bicyclic) bond motifs is 2. The normalized spacial score (nSPS) is 23.2. The summed E-state index contributed by atoms with van der Waals surface area (Å²) in [4.78, 5) is 29.7. The Morgan fingerprint density at radius 1 is 0.474 bits per heavy atom. The van der Waals surface area contributed by atoms with Crippen LogP contribution < -0.4 is 42.5 Å². The molecule has 0 aromatic heterocycles. The SMILES string of the molecule is CC1(C)O[C@@H]2[C@@H]3CC[C@@H]([C@@H](NC(=O)c4ccccc4P(c4ccccc4)c4ccccc4)[C@@H]3NC(=O)c3ccccc3P(c3ccccc3)c3ccccc3)[C@@H]2O1. The molecule has 1 aliphatic heterocycles. The van der Waals surface area contributed by atoms with Crippen LogP contribution in [0.3, 0.4) is 0 Å². The number of ether oxygens (including phenoxy) is 2. The van der Waals surface area contributed by atoms with Gasteiger partial charge in [0.25, 0.3) is 11.8 Å². The van der Waals surface area contributed by atoms with E-state index in [1.165, 1.54) is 21.2 Å². The van der Waals surface area contributed by atoms with Crippen molar-refractivity contribution in [3.63, 3.8) is 0 Å². The number of hydrogen-bond acceptors (Lipinski definition) is 4. The molecule has 4 aliphatic rings. The number of carbonyl (C=O) groups excluding carboxylic acids is 2. The van der Waals surface area contributed by atoms with Crippen LogP contribution in [0.5, 0.6) is 0 Å². The van der Waals surface area contributed by atoms with Crippen molar-refractivity contribution in [1.29, 1.82) is 0 Å². The molecule has 1 heterocycles. The predicted molar refractivity (Wildman–Crippen MR) is 233 cm³/mol. The number of rotatable bonds is 10. The van der Waals surface area contributed by atoms with Crippen molar-refractivity contribution in [2.45, 2.75) is 56.8 Å². The maximum atomic E-state index is 14.9. The lowest BCUT2D eigenvalue weighted by Gasteiger charge is -2.53. The molecule has 10 rings (SSSR count). The second-order valence-corrected chi connectivity index (χ2v) is 19.9. The highest BCUT2D eigenvalue weighted by Crippen LogP contribution is 2.50. The molecule has 2 bridgehead atoms. The molecule has 6 nitrogen and oxygen atoms in total. The van der Waals surface area contributed by atoms with Crippen LogP contribution in [0.15, 0.2) is 170 Å². The molecule has 6 aromatic rings. The molecule has 2 N–H and O–H groups in total. The summed E-state index contributed by atoms with van der Waals surface area (Å²) >= 11 is 0. The fourth-order valence-corrected chi connectivity index (χ4v) is 14.1. The van der Waals surface area contributed by atoms with E-state index in [9.17, 15) is 9.59 Å². The van der Waals surface area contributed by atoms with Gasteiger partial charge in [-0.15, -0.1) is 0 Å². The minimum absolute atomic E-state index is 0.0473. The summed E-state index contributed by atoms with van der Waals surface area (Å²) in [6.07, 6.45) is 1.37. The van der Waals surface area contributed by atoms with Crippen molar-refractivity contribution in [2.24, 2.45) is 11.8 Å². The third-order valence-electron chi connectivity index (χ3n) is 11.6. The summed E-state index contributed by atoms with van der Waals surface area (Å²) in [6.45, 7) is 3.92. The lowest BCUT2D eigenvalue weighted by molar-refractivity contribution is -0.149. The number of nitrogens with one attached hydrogen (secondary N) is 2. The van der Waals surface area contributed by atoms with Crippen LogP contribution in [0.25, 0.3) is 0 Å². The first-order chi connectivity index (χ1) is 27.9. The van der Waals surface area contributed by atoms with Gasteiger partial charge in [0.1, 0.15) is 0 Å². The summed E-state index contributed by atoms with van der Waals surface area (Å²) in [7, 11) is -2.06. The van der Waals surface area contributed by atoms with E-state index in [0.717, 1.165) is 23.5 Å². The van der Waals surface area contributed by atoms with Gasteiger partial charge in [-0.25, -0.2) is 0 Å². The third kappa shape index (κ3) is 7.49. The minimum atomic E-state index is -1.03. The Morgan fingerprint density at radius 2 is 0.772 bits per heavy atom. The first-order valence-corrected chi connectivity index (χ1v) is 22.5. The molecular formula is C49H46N2O4P2. The fourth-order valence-electron chi connectivity index (χ4n) is 9.23. The van der Waals surface area contributed by atoms with Crippen molar-refractivity contribution in [3.8, 4) is 0 Å². The molecular weight excluding hydrogens is 742 g/mol. The molecule has 286 valence electrons. The van der Waals surface area contributed by atoms with E-state index < -0.39 is 21.6 Å². The molecule has 0 unspecified atom stereocenters. The zero-order chi connectivity index (χ0) is 38.9. The van der Waals surface area contributed by atoms with Crippen LogP contribution in [0.1, 0.15) is 47.4 Å². The zero-order valence-electron chi connectivity index (χ0n) is 32.1. The summed E-state index contributed by atoms with van der Waals surface area (Å²) in [5.74, 6) is -1.14. The number of amides is 2. The Morgan fingerprint density at radius 3 is 1.11 bits per heavy atom. The van der Waals surface area contributed by atoms with E-state index >= 15 is 0 Å². The molecule has 0 spiro atoms. The quantitative estimate of drug-likeness (QED) is 0.153. The number of benzene rings is 6. The fraction of sp³-hybridized carbons (Fsp3) is 0.224. The van der Waals surface area contributed by atoms with Crippen LogP contribution in [0, 0.1) is 11.8 Å². The van der Waals surface area contributed by atoms with E-state index in [-0.39, 0.29) is 47.9 Å². The topological polar surface area (TPSA) is 76.7 Å². The van der Waals surface area contributed by atoms with Crippen molar-refractivity contribution in [2.75, 3.05) is 0 Å². The van der Waals surface area contributed by atoms with Crippen molar-refractivity contribution in [3.05, 3.63) is 181 Å². The van der Waals surface area contributed by atoms with Crippen LogP contribution in [0.4, 0.5) is 0 Å². The van der Waals surface area contributed by atoms with E-state index in [4.69, 9.17) is 9.47 Å². The monoisotopic (exact) mass is 788 g/mol. The highest BCUT2D eigenvalue weighted by molar-refractivity contribution is 7.80. The molecule has 3 aliphatic carbocycles. The average molecular weight is 789 g/mol. The highest BCUT2D eigenvalue weighted by atomic mass is 31.1. The summed E-state index contributed by atoms with van der Waals surface area (Å²) in [5, 5.41) is 13.7. The summed E-state index contributed by atoms with van der Waals surface area (Å²) in [6, 6.07) is 57.0. The maximum absolute atomic E-state index is 14.9. The third-order valence-corrected chi connectivity index (χ3v) is 16.6. The Labute approximate surface area is 337 Å². The van der Waals surface area contributed by atoms with E-state index in [2.05, 4.69) is 120 Å². The Bertz CT molecular complexity index is 2100. The molecule has 3 saturated carbocycles. The minimum Gasteiger partial charge on any atom is -0.347 e. The Hall–Kier alpha value is -4.96. The molecule has 57 heavy (non-hydrogen) atoms. The van der Waals surface area contributed by atoms with Gasteiger partial charge in [-0.1, -0.05) is 158 Å². The Kier molecular flexibility index (Phi) is 10.6. The van der Waals surface area contributed by atoms with Crippen molar-refractivity contribution in [1.82, 2.24) is 10.6 Å². The van der Waals surface area contributed by atoms with Gasteiger partial charge < -0.3 is 20.1 Å². The van der Waals surface area contributed by atoms with Gasteiger partial charge in [0.05, 0.1) is 24.3 Å². The van der Waals surface area contributed by atoms with Crippen LogP contribution in [-0.2, 0) is 9.47 Å². The van der Waals surface area contributed by atoms with Gasteiger partial charge >= 0.3 is 0 Å². The van der Waals surface area contributed by atoms with Gasteiger partial charge in [0, 0.05) is 23.0 Å². The molecule has 1 saturated heterocycles. The van der Waals surface area contributed by atoms with Gasteiger partial charge in [-0.3, -0.25) is 9.59 Å². The van der Waals surface area contributed by atoms with E-state index in [0.29, 0.717) is 11.1 Å². The van der Waals surface area contributed by atoms with Crippen LogP contribution >= 0.6 is 15.8 Å². The predicted octanol–water partition coefficient (Wildman–Crippen LogP) is 6.66. The van der Waals surface area contributed by atoms with Gasteiger partial charge in [0.2, 0.25) is 0 Å². The molecule has 6 aromatic carbocycles. The average Bonchev–Trinajstić information content (AvgIpc) is 3.60. The van der Waals surface area contributed by atoms with Gasteiger partial charge in [0.15, 0.2) is 5.79 Å². The van der Waals surface area contributed by atoms with E-state index in [1.807, 2.05) is 74.5 Å². The molecule has 4 fully saturated rings. The summed E-state index contributed by atoms with van der Waals surface area (Å²) in [5.41, 5.74) is 1.29. The lowest BCUT2D eigenvalue weighted by atomic mass is 9.61. The largest absolute Gasteiger partial charge is 0.347 e. The lowest BCUT2D eigenvalue weighted by Crippen LogP contribution is -2.70. The summed E-state index contributed by atoms with van der Waals surface area (Å²) < 4.78 is 13.2. The molecule has 6 atom stereocenters. The second kappa shape index (κ2) is 16.1. The first-order valence-electron chi connectivity index (χ1n) is 19.8. The second-order valence-electron chi connectivity index (χ2n) is 15.5. The standard InChI is InChI=1S/C49H46N2O4P2/c1-49(2)54-45-39-31-32-40(46(45)55-49)44(51-48(53)38-28-16-18-30-42(38)57(35-23-11-5-12-24-35)36-25-13-6-14-26-36)43(39)50-47(52)37-27-15-17-29-41(37)56(33-19-7-3-8-20-33)34-21-9-4-10-22-34/h3-30,39-40,43-46H,31-32H2,1-2H3,(H,50,52)(H,51,53)/t39-,40+,43-,44-,45-,46+/m1/s1. The molecule has 2 amide bonds. The molecule has 8 heteroatoms. The first kappa shape index (κ1) is 37.6. The van der Waals surface area contributed by atoms with Crippen LogP contribution in [-0.4, -0.2) is 41.9 Å². The highest BCUT2D eigenvalue weighted by Gasteiger charge is 2.61. The van der Waals surface area contributed by atoms with Gasteiger partial charge in [-0.2, -0.15) is 0 Å². The molecule has 0 radical (unpaired) electrons. The number of hydrogen-bond donors (Lipinski definition) is 2. The van der Waals surface area contributed by atoms with Crippen LogP contribution in [0.2, 0.25) is 0 Å². The smallest absolute Gasteiger partial charge is 0.252 e. The van der Waals surface area contributed by atoms with E-state index in [1.54, 1.807) is 0 Å². The number of carbonyl (C=O) groups is 2.